The van der Waals surface area contributed by atoms with Crippen molar-refractivity contribution in [2.75, 3.05) is 21.3 Å². The fraction of sp³-hybridized carbons (Fsp3) is 0.158. The van der Waals surface area contributed by atoms with Crippen molar-refractivity contribution in [2.24, 2.45) is 4.99 Å². The van der Waals surface area contributed by atoms with E-state index < -0.39 is 5.97 Å². The summed E-state index contributed by atoms with van der Waals surface area (Å²) in [5, 5.41) is 0. The van der Waals surface area contributed by atoms with Crippen LogP contribution >= 0.6 is 15.9 Å². The lowest BCUT2D eigenvalue weighted by molar-refractivity contribution is -0.129. The van der Waals surface area contributed by atoms with E-state index in [0.717, 1.165) is 0 Å². The zero-order chi connectivity index (χ0) is 18.7. The zero-order valence-electron chi connectivity index (χ0n) is 14.4. The first-order valence-corrected chi connectivity index (χ1v) is 8.43. The van der Waals surface area contributed by atoms with Gasteiger partial charge in [0.15, 0.2) is 5.70 Å². The van der Waals surface area contributed by atoms with Crippen LogP contribution in [0.3, 0.4) is 0 Å². The summed E-state index contributed by atoms with van der Waals surface area (Å²) in [5.41, 5.74) is 1.54. The minimum absolute atomic E-state index is 0.186. The van der Waals surface area contributed by atoms with Gasteiger partial charge in [0.2, 0.25) is 5.90 Å². The molecule has 0 radical (unpaired) electrons. The third kappa shape index (κ3) is 3.57. The number of methoxy groups -OCH3 is 3. The van der Waals surface area contributed by atoms with E-state index in [1.54, 1.807) is 63.8 Å². The Kier molecular flexibility index (Phi) is 5.27. The molecule has 6 nitrogen and oxygen atoms in total. The molecule has 0 spiro atoms. The van der Waals surface area contributed by atoms with Crippen LogP contribution < -0.4 is 14.2 Å². The van der Waals surface area contributed by atoms with Gasteiger partial charge < -0.3 is 18.9 Å². The Labute approximate surface area is 159 Å². The van der Waals surface area contributed by atoms with Crippen LogP contribution in [0.1, 0.15) is 11.1 Å². The SMILES string of the molecule is COc1ccc(C2=N/C(=C\c3ccc(OC)cc3OC)C(=O)O2)c(Br)c1. The molecular formula is C19H16BrNO5. The second-order valence-corrected chi connectivity index (χ2v) is 6.14. The molecule has 0 amide bonds. The maximum atomic E-state index is 12.2. The number of esters is 1. The summed E-state index contributed by atoms with van der Waals surface area (Å²) in [6.07, 6.45) is 1.62. The Morgan fingerprint density at radius 1 is 1.00 bits per heavy atom. The number of rotatable bonds is 5. The topological polar surface area (TPSA) is 66.3 Å². The molecule has 0 fully saturated rings. The Morgan fingerprint density at radius 3 is 2.35 bits per heavy atom. The number of ether oxygens (including phenoxy) is 4. The van der Waals surface area contributed by atoms with E-state index in [-0.39, 0.29) is 11.6 Å². The lowest BCUT2D eigenvalue weighted by Crippen LogP contribution is -2.06. The molecule has 1 heterocycles. The average molecular weight is 418 g/mol. The van der Waals surface area contributed by atoms with E-state index in [9.17, 15) is 4.79 Å². The highest BCUT2D eigenvalue weighted by atomic mass is 79.9. The minimum Gasteiger partial charge on any atom is -0.497 e. The first-order valence-electron chi connectivity index (χ1n) is 7.64. The molecule has 26 heavy (non-hydrogen) atoms. The van der Waals surface area contributed by atoms with Crippen LogP contribution in [0, 0.1) is 0 Å². The Hall–Kier alpha value is -2.80. The summed E-state index contributed by atoms with van der Waals surface area (Å²) < 4.78 is 21.7. The third-order valence-electron chi connectivity index (χ3n) is 3.76. The Morgan fingerprint density at radius 2 is 1.69 bits per heavy atom. The van der Waals surface area contributed by atoms with Crippen molar-refractivity contribution in [3.8, 4) is 17.2 Å². The van der Waals surface area contributed by atoms with Crippen molar-refractivity contribution in [3.63, 3.8) is 0 Å². The van der Waals surface area contributed by atoms with Crippen molar-refractivity contribution in [1.29, 1.82) is 0 Å². The van der Waals surface area contributed by atoms with Crippen LogP contribution in [-0.2, 0) is 9.53 Å². The standard InChI is InChI=1S/C19H16BrNO5/c1-23-12-6-7-14(15(20)9-12)18-21-16(19(22)26-18)8-11-4-5-13(24-2)10-17(11)25-3/h4-10H,1-3H3/b16-8-. The lowest BCUT2D eigenvalue weighted by Gasteiger charge is -2.07. The van der Waals surface area contributed by atoms with E-state index in [1.165, 1.54) is 0 Å². The molecule has 0 aliphatic carbocycles. The zero-order valence-corrected chi connectivity index (χ0v) is 16.0. The molecule has 2 aromatic rings. The number of hydrogen-bond acceptors (Lipinski definition) is 6. The van der Waals surface area contributed by atoms with Gasteiger partial charge >= 0.3 is 5.97 Å². The molecule has 3 rings (SSSR count). The Balaban J connectivity index is 1.97. The smallest absolute Gasteiger partial charge is 0.363 e. The number of hydrogen-bond donors (Lipinski definition) is 0. The molecular weight excluding hydrogens is 402 g/mol. The van der Waals surface area contributed by atoms with E-state index in [4.69, 9.17) is 18.9 Å². The maximum Gasteiger partial charge on any atom is 0.363 e. The van der Waals surface area contributed by atoms with Gasteiger partial charge in [0, 0.05) is 16.1 Å². The van der Waals surface area contributed by atoms with Crippen molar-refractivity contribution in [3.05, 3.63) is 57.7 Å². The number of cyclic esters (lactones) is 1. The van der Waals surface area contributed by atoms with Crippen LogP contribution in [0.15, 0.2) is 51.6 Å². The van der Waals surface area contributed by atoms with E-state index in [0.29, 0.717) is 32.8 Å². The van der Waals surface area contributed by atoms with E-state index >= 15 is 0 Å². The van der Waals surface area contributed by atoms with Crippen molar-refractivity contribution in [2.45, 2.75) is 0 Å². The molecule has 2 aromatic carbocycles. The summed E-state index contributed by atoms with van der Waals surface area (Å²) in [6, 6.07) is 10.6. The summed E-state index contributed by atoms with van der Waals surface area (Å²) in [7, 11) is 4.70. The van der Waals surface area contributed by atoms with Gasteiger partial charge in [0.05, 0.1) is 26.9 Å². The lowest BCUT2D eigenvalue weighted by atomic mass is 10.1. The second-order valence-electron chi connectivity index (χ2n) is 5.29. The third-order valence-corrected chi connectivity index (χ3v) is 4.42. The number of nitrogens with zero attached hydrogens (tertiary/aromatic N) is 1. The Bertz CT molecular complexity index is 920. The van der Waals surface area contributed by atoms with Crippen molar-refractivity contribution < 1.29 is 23.7 Å². The van der Waals surface area contributed by atoms with Gasteiger partial charge in [-0.3, -0.25) is 0 Å². The molecule has 0 saturated carbocycles. The van der Waals surface area contributed by atoms with Gasteiger partial charge in [-0.1, -0.05) is 0 Å². The first-order chi connectivity index (χ1) is 12.5. The minimum atomic E-state index is -0.527. The second kappa shape index (κ2) is 7.61. The monoisotopic (exact) mass is 417 g/mol. The summed E-state index contributed by atoms with van der Waals surface area (Å²) in [4.78, 5) is 16.5. The summed E-state index contributed by atoms with van der Waals surface area (Å²) in [6.45, 7) is 0. The van der Waals surface area contributed by atoms with Gasteiger partial charge in [-0.25, -0.2) is 9.79 Å². The number of halogens is 1. The highest BCUT2D eigenvalue weighted by Crippen LogP contribution is 2.30. The fourth-order valence-electron chi connectivity index (χ4n) is 2.41. The number of carbonyl (C=O) groups is 1. The molecule has 1 aliphatic rings. The fourth-order valence-corrected chi connectivity index (χ4v) is 2.93. The molecule has 0 atom stereocenters. The molecule has 7 heteroatoms. The molecule has 1 aliphatic heterocycles. The van der Waals surface area contributed by atoms with E-state index in [1.807, 2.05) is 0 Å². The molecule has 0 bridgehead atoms. The van der Waals surface area contributed by atoms with E-state index in [2.05, 4.69) is 20.9 Å². The van der Waals surface area contributed by atoms with Gasteiger partial charge in [-0.15, -0.1) is 0 Å². The van der Waals surface area contributed by atoms with Gasteiger partial charge in [0.25, 0.3) is 0 Å². The predicted molar refractivity (Wildman–Crippen MR) is 101 cm³/mol. The van der Waals surface area contributed by atoms with Crippen LogP contribution in [0.25, 0.3) is 6.08 Å². The number of aliphatic imine (C=N–C) groups is 1. The van der Waals surface area contributed by atoms with Crippen LogP contribution in [0.4, 0.5) is 0 Å². The van der Waals surface area contributed by atoms with Gasteiger partial charge in [-0.05, 0) is 52.3 Å². The molecule has 0 saturated heterocycles. The van der Waals surface area contributed by atoms with Crippen LogP contribution in [0.5, 0.6) is 17.2 Å². The van der Waals surface area contributed by atoms with Crippen LogP contribution in [0.2, 0.25) is 0 Å². The molecule has 0 N–H and O–H groups in total. The van der Waals surface area contributed by atoms with Crippen LogP contribution in [-0.4, -0.2) is 33.2 Å². The van der Waals surface area contributed by atoms with Crippen molar-refractivity contribution in [1.82, 2.24) is 0 Å². The number of benzene rings is 2. The highest BCUT2D eigenvalue weighted by molar-refractivity contribution is 9.10. The number of carbonyl (C=O) groups excluding carboxylic acids is 1. The van der Waals surface area contributed by atoms with Gasteiger partial charge in [0.1, 0.15) is 17.2 Å². The predicted octanol–water partition coefficient (Wildman–Crippen LogP) is 3.82. The quantitative estimate of drug-likeness (QED) is 0.546. The average Bonchev–Trinajstić information content (AvgIpc) is 3.02. The highest BCUT2D eigenvalue weighted by Gasteiger charge is 2.26. The summed E-state index contributed by atoms with van der Waals surface area (Å²) in [5.74, 6) is 1.61. The molecule has 0 aromatic heterocycles. The largest absolute Gasteiger partial charge is 0.497 e. The van der Waals surface area contributed by atoms with Crippen molar-refractivity contribution >= 4 is 33.9 Å². The van der Waals surface area contributed by atoms with Gasteiger partial charge in [-0.2, -0.15) is 0 Å². The maximum absolute atomic E-state index is 12.2. The first kappa shape index (κ1) is 18.0. The molecule has 0 unspecified atom stereocenters. The normalized spacial score (nSPS) is 14.8. The molecule has 134 valence electrons. The summed E-state index contributed by atoms with van der Waals surface area (Å²) >= 11 is 3.44.